The SMILES string of the molecule is CCOC(=O)Nc1ccc(NC(C)c2nnc(-c3ccccc3)o2)cc1. The molecule has 0 radical (unpaired) electrons. The topological polar surface area (TPSA) is 89.3 Å². The van der Waals surface area contributed by atoms with Gasteiger partial charge in [0.2, 0.25) is 11.8 Å². The second kappa shape index (κ2) is 8.15. The van der Waals surface area contributed by atoms with Crippen LogP contribution in [0.4, 0.5) is 16.2 Å². The van der Waals surface area contributed by atoms with Crippen molar-refractivity contribution < 1.29 is 13.9 Å². The van der Waals surface area contributed by atoms with E-state index in [1.807, 2.05) is 49.4 Å². The van der Waals surface area contributed by atoms with Gasteiger partial charge in [-0.2, -0.15) is 0 Å². The molecule has 1 amide bonds. The lowest BCUT2D eigenvalue weighted by Crippen LogP contribution is -2.13. The fourth-order valence-electron chi connectivity index (χ4n) is 2.35. The summed E-state index contributed by atoms with van der Waals surface area (Å²) in [6.07, 6.45) is -0.471. The Balaban J connectivity index is 1.62. The van der Waals surface area contributed by atoms with Crippen LogP contribution < -0.4 is 10.6 Å². The molecular weight excluding hydrogens is 332 g/mol. The summed E-state index contributed by atoms with van der Waals surface area (Å²) < 4.78 is 10.6. The van der Waals surface area contributed by atoms with Crippen molar-refractivity contribution in [2.45, 2.75) is 19.9 Å². The first-order chi connectivity index (χ1) is 12.7. The third kappa shape index (κ3) is 4.38. The Morgan fingerprint density at radius 2 is 1.77 bits per heavy atom. The van der Waals surface area contributed by atoms with E-state index < -0.39 is 6.09 Å². The van der Waals surface area contributed by atoms with Gasteiger partial charge in [0.05, 0.1) is 6.61 Å². The van der Waals surface area contributed by atoms with Crippen molar-refractivity contribution in [2.24, 2.45) is 0 Å². The maximum atomic E-state index is 11.4. The lowest BCUT2D eigenvalue weighted by molar-refractivity contribution is 0.168. The Morgan fingerprint density at radius 1 is 1.08 bits per heavy atom. The minimum atomic E-state index is -0.471. The zero-order chi connectivity index (χ0) is 18.4. The van der Waals surface area contributed by atoms with Crippen molar-refractivity contribution in [1.29, 1.82) is 0 Å². The van der Waals surface area contributed by atoms with Crippen LogP contribution in [-0.2, 0) is 4.74 Å². The molecule has 0 aliphatic heterocycles. The molecule has 0 aliphatic carbocycles. The molecule has 0 saturated carbocycles. The van der Waals surface area contributed by atoms with E-state index in [2.05, 4.69) is 20.8 Å². The van der Waals surface area contributed by atoms with Crippen LogP contribution in [0.1, 0.15) is 25.8 Å². The minimum Gasteiger partial charge on any atom is -0.450 e. The zero-order valence-corrected chi connectivity index (χ0v) is 14.6. The van der Waals surface area contributed by atoms with Gasteiger partial charge in [0.1, 0.15) is 6.04 Å². The van der Waals surface area contributed by atoms with Gasteiger partial charge in [0, 0.05) is 16.9 Å². The smallest absolute Gasteiger partial charge is 0.411 e. The quantitative estimate of drug-likeness (QED) is 0.680. The van der Waals surface area contributed by atoms with E-state index in [0.717, 1.165) is 11.3 Å². The monoisotopic (exact) mass is 352 g/mol. The summed E-state index contributed by atoms with van der Waals surface area (Å²) in [4.78, 5) is 11.4. The van der Waals surface area contributed by atoms with Crippen molar-refractivity contribution in [1.82, 2.24) is 10.2 Å². The van der Waals surface area contributed by atoms with Gasteiger partial charge >= 0.3 is 6.09 Å². The molecule has 134 valence electrons. The first-order valence-electron chi connectivity index (χ1n) is 8.35. The molecule has 1 unspecified atom stereocenters. The largest absolute Gasteiger partial charge is 0.450 e. The third-order valence-electron chi connectivity index (χ3n) is 3.62. The molecule has 2 N–H and O–H groups in total. The lowest BCUT2D eigenvalue weighted by Gasteiger charge is -2.12. The van der Waals surface area contributed by atoms with E-state index in [0.29, 0.717) is 24.1 Å². The molecule has 0 bridgehead atoms. The number of ether oxygens (including phenoxy) is 1. The van der Waals surface area contributed by atoms with Gasteiger partial charge in [-0.1, -0.05) is 18.2 Å². The van der Waals surface area contributed by atoms with E-state index in [4.69, 9.17) is 9.15 Å². The number of aromatic nitrogens is 2. The van der Waals surface area contributed by atoms with Crippen molar-refractivity contribution >= 4 is 17.5 Å². The molecule has 7 nitrogen and oxygen atoms in total. The molecule has 0 saturated heterocycles. The first kappa shape index (κ1) is 17.5. The Morgan fingerprint density at radius 3 is 2.46 bits per heavy atom. The summed E-state index contributed by atoms with van der Waals surface area (Å²) in [5.74, 6) is 0.987. The van der Waals surface area contributed by atoms with Crippen LogP contribution in [-0.4, -0.2) is 22.9 Å². The summed E-state index contributed by atoms with van der Waals surface area (Å²) >= 11 is 0. The molecule has 7 heteroatoms. The third-order valence-corrected chi connectivity index (χ3v) is 3.62. The molecule has 0 spiro atoms. The normalized spacial score (nSPS) is 11.6. The van der Waals surface area contributed by atoms with Crippen LogP contribution in [0.2, 0.25) is 0 Å². The molecule has 26 heavy (non-hydrogen) atoms. The van der Waals surface area contributed by atoms with Crippen LogP contribution >= 0.6 is 0 Å². The van der Waals surface area contributed by atoms with Crippen LogP contribution in [0.5, 0.6) is 0 Å². The zero-order valence-electron chi connectivity index (χ0n) is 14.6. The molecule has 3 rings (SSSR count). The number of rotatable bonds is 6. The van der Waals surface area contributed by atoms with Crippen LogP contribution in [0.3, 0.4) is 0 Å². The number of benzene rings is 2. The Hall–Kier alpha value is -3.35. The van der Waals surface area contributed by atoms with Crippen molar-refractivity contribution in [3.63, 3.8) is 0 Å². The highest BCUT2D eigenvalue weighted by atomic mass is 16.5. The predicted octanol–water partition coefficient (Wildman–Crippen LogP) is 4.48. The highest BCUT2D eigenvalue weighted by Gasteiger charge is 2.15. The number of carbonyl (C=O) groups excluding carboxylic acids is 1. The maximum Gasteiger partial charge on any atom is 0.411 e. The van der Waals surface area contributed by atoms with Crippen LogP contribution in [0, 0.1) is 0 Å². The van der Waals surface area contributed by atoms with Gasteiger partial charge in [-0.3, -0.25) is 5.32 Å². The molecule has 2 aromatic carbocycles. The van der Waals surface area contributed by atoms with Crippen LogP contribution in [0.25, 0.3) is 11.5 Å². The van der Waals surface area contributed by atoms with Gasteiger partial charge < -0.3 is 14.5 Å². The van der Waals surface area contributed by atoms with Crippen molar-refractivity contribution in [3.8, 4) is 11.5 Å². The molecule has 1 aromatic heterocycles. The highest BCUT2D eigenvalue weighted by Crippen LogP contribution is 2.23. The van der Waals surface area contributed by atoms with Crippen LogP contribution in [0.15, 0.2) is 59.0 Å². The fourth-order valence-corrected chi connectivity index (χ4v) is 2.35. The summed E-state index contributed by atoms with van der Waals surface area (Å²) in [5.41, 5.74) is 2.41. The van der Waals surface area contributed by atoms with E-state index in [1.165, 1.54) is 0 Å². The number of amides is 1. The Labute approximate surface area is 151 Å². The summed E-state index contributed by atoms with van der Waals surface area (Å²) in [7, 11) is 0. The summed E-state index contributed by atoms with van der Waals surface area (Å²) in [6.45, 7) is 4.03. The van der Waals surface area contributed by atoms with E-state index in [9.17, 15) is 4.79 Å². The number of carbonyl (C=O) groups is 1. The maximum absolute atomic E-state index is 11.4. The Bertz CT molecular complexity index is 847. The highest BCUT2D eigenvalue weighted by molar-refractivity contribution is 5.84. The Kier molecular flexibility index (Phi) is 5.48. The summed E-state index contributed by atoms with van der Waals surface area (Å²) in [5, 5.41) is 14.1. The second-order valence-electron chi connectivity index (χ2n) is 5.60. The number of hydrogen-bond acceptors (Lipinski definition) is 6. The number of anilines is 2. The molecule has 0 fully saturated rings. The number of hydrogen-bond donors (Lipinski definition) is 2. The predicted molar refractivity (Wildman–Crippen MR) is 98.9 cm³/mol. The molecule has 3 aromatic rings. The standard InChI is InChI=1S/C19H20N4O3/c1-3-25-19(24)21-16-11-9-15(10-12-16)20-13(2)17-22-23-18(26-17)14-7-5-4-6-8-14/h4-13,20H,3H2,1-2H3,(H,21,24). The average molecular weight is 352 g/mol. The average Bonchev–Trinajstić information content (AvgIpc) is 3.15. The number of nitrogens with zero attached hydrogens (tertiary/aromatic N) is 2. The van der Waals surface area contributed by atoms with Gasteiger partial charge in [-0.15, -0.1) is 10.2 Å². The second-order valence-corrected chi connectivity index (χ2v) is 5.60. The van der Waals surface area contributed by atoms with Gasteiger partial charge in [0.15, 0.2) is 0 Å². The van der Waals surface area contributed by atoms with Gasteiger partial charge in [-0.05, 0) is 50.2 Å². The molecule has 0 aliphatic rings. The molecule has 1 atom stereocenters. The van der Waals surface area contributed by atoms with Gasteiger partial charge in [-0.25, -0.2) is 4.79 Å². The van der Waals surface area contributed by atoms with Crippen molar-refractivity contribution in [3.05, 3.63) is 60.5 Å². The fraction of sp³-hybridized carbons (Fsp3) is 0.211. The van der Waals surface area contributed by atoms with Crippen molar-refractivity contribution in [2.75, 3.05) is 17.2 Å². The van der Waals surface area contributed by atoms with Gasteiger partial charge in [0.25, 0.3) is 0 Å². The molecule has 1 heterocycles. The lowest BCUT2D eigenvalue weighted by atomic mass is 10.2. The number of nitrogens with one attached hydrogen (secondary N) is 2. The minimum absolute atomic E-state index is 0.163. The van der Waals surface area contributed by atoms with E-state index in [1.54, 1.807) is 19.1 Å². The first-order valence-corrected chi connectivity index (χ1v) is 8.35. The molecular formula is C19H20N4O3. The van der Waals surface area contributed by atoms with E-state index >= 15 is 0 Å². The van der Waals surface area contributed by atoms with E-state index in [-0.39, 0.29) is 6.04 Å². The summed E-state index contributed by atoms with van der Waals surface area (Å²) in [6, 6.07) is 16.7.